The first-order chi connectivity index (χ1) is 12.1. The summed E-state index contributed by atoms with van der Waals surface area (Å²) in [4.78, 5) is 21.1. The predicted octanol–water partition coefficient (Wildman–Crippen LogP) is 3.04. The summed E-state index contributed by atoms with van der Waals surface area (Å²) in [6.45, 7) is 2.14. The number of piperidine rings is 1. The topological polar surface area (TPSA) is 36.4 Å². The first-order valence-corrected chi connectivity index (χ1v) is 9.39. The van der Waals surface area contributed by atoms with Crippen molar-refractivity contribution in [1.29, 1.82) is 0 Å². The highest BCUT2D eigenvalue weighted by molar-refractivity contribution is 7.07. The molecular weight excluding hydrogens is 344 g/mol. The van der Waals surface area contributed by atoms with Crippen LogP contribution in [0.1, 0.15) is 24.1 Å². The second-order valence-electron chi connectivity index (χ2n) is 6.78. The number of nitrogens with zero attached hydrogens (tertiary/aromatic N) is 3. The van der Waals surface area contributed by atoms with Gasteiger partial charge in [-0.05, 0) is 18.9 Å². The molecule has 0 saturated carbocycles. The van der Waals surface area contributed by atoms with E-state index in [4.69, 9.17) is 0 Å². The van der Waals surface area contributed by atoms with E-state index in [0.29, 0.717) is 31.7 Å². The molecule has 132 valence electrons. The Balaban J connectivity index is 1.52. The number of carbonyl (C=O) groups excluding carboxylic acids is 1. The fraction of sp³-hybridized carbons (Fsp3) is 0.444. The summed E-state index contributed by atoms with van der Waals surface area (Å²) < 4.78 is 27.4. The highest BCUT2D eigenvalue weighted by Crippen LogP contribution is 2.31. The molecule has 3 aliphatic heterocycles. The number of hydrogen-bond acceptors (Lipinski definition) is 4. The van der Waals surface area contributed by atoms with Crippen LogP contribution in [0.15, 0.2) is 29.1 Å². The van der Waals surface area contributed by atoms with Crippen molar-refractivity contribution >= 4 is 17.2 Å². The van der Waals surface area contributed by atoms with Crippen LogP contribution in [0.25, 0.3) is 0 Å². The first kappa shape index (κ1) is 16.6. The van der Waals surface area contributed by atoms with E-state index >= 15 is 0 Å². The van der Waals surface area contributed by atoms with Gasteiger partial charge in [-0.15, -0.1) is 11.3 Å². The number of aromatic nitrogens is 1. The Kier molecular flexibility index (Phi) is 4.52. The van der Waals surface area contributed by atoms with Gasteiger partial charge in [-0.1, -0.05) is 12.1 Å². The van der Waals surface area contributed by atoms with Gasteiger partial charge < -0.3 is 4.90 Å². The maximum atomic E-state index is 14.0. The molecule has 25 heavy (non-hydrogen) atoms. The third kappa shape index (κ3) is 3.30. The summed E-state index contributed by atoms with van der Waals surface area (Å²) >= 11 is 1.52. The van der Waals surface area contributed by atoms with E-state index in [2.05, 4.69) is 9.88 Å². The van der Waals surface area contributed by atoms with Gasteiger partial charge in [0.15, 0.2) is 11.6 Å². The lowest BCUT2D eigenvalue weighted by molar-refractivity contribution is -0.140. The Morgan fingerprint density at radius 1 is 1.20 bits per heavy atom. The number of halogens is 2. The third-order valence-corrected chi connectivity index (χ3v) is 5.75. The summed E-state index contributed by atoms with van der Waals surface area (Å²) in [6, 6.07) is 4.37. The maximum Gasteiger partial charge on any atom is 0.227 e. The lowest BCUT2D eigenvalue weighted by Crippen LogP contribution is -2.47. The molecule has 7 heteroatoms. The van der Waals surface area contributed by atoms with Crippen LogP contribution >= 0.6 is 11.3 Å². The van der Waals surface area contributed by atoms with Crippen molar-refractivity contribution in [3.05, 3.63) is 52.0 Å². The van der Waals surface area contributed by atoms with Gasteiger partial charge in [0.05, 0.1) is 23.7 Å². The number of thiazole rings is 1. The van der Waals surface area contributed by atoms with Gasteiger partial charge in [-0.3, -0.25) is 9.69 Å². The smallest absolute Gasteiger partial charge is 0.227 e. The molecule has 1 amide bonds. The van der Waals surface area contributed by atoms with Gasteiger partial charge in [0.25, 0.3) is 0 Å². The quantitative estimate of drug-likeness (QED) is 0.838. The molecule has 3 saturated heterocycles. The number of amides is 1. The van der Waals surface area contributed by atoms with Gasteiger partial charge in [-0.2, -0.15) is 0 Å². The number of hydrogen-bond donors (Lipinski definition) is 0. The SMILES string of the molecule is O=C1[C@H]2CC[C@H](CN(Cc3cccc(F)c3F)C2)N1Cc1cscn1. The molecular formula is C18H19F2N3OS. The molecule has 0 unspecified atom stereocenters. The Labute approximate surface area is 149 Å². The van der Waals surface area contributed by atoms with Crippen molar-refractivity contribution in [2.45, 2.75) is 32.0 Å². The van der Waals surface area contributed by atoms with Crippen LogP contribution in [0.3, 0.4) is 0 Å². The van der Waals surface area contributed by atoms with E-state index in [0.717, 1.165) is 24.6 Å². The third-order valence-electron chi connectivity index (χ3n) is 5.11. The molecule has 0 radical (unpaired) electrons. The fourth-order valence-electron chi connectivity index (χ4n) is 3.87. The van der Waals surface area contributed by atoms with Crippen molar-refractivity contribution in [3.8, 4) is 0 Å². The Morgan fingerprint density at radius 3 is 2.88 bits per heavy atom. The van der Waals surface area contributed by atoms with E-state index in [9.17, 15) is 13.6 Å². The van der Waals surface area contributed by atoms with Crippen molar-refractivity contribution in [3.63, 3.8) is 0 Å². The van der Waals surface area contributed by atoms with Crippen molar-refractivity contribution in [2.24, 2.45) is 5.92 Å². The normalized spacial score (nSPS) is 23.9. The molecule has 2 bridgehead atoms. The highest BCUT2D eigenvalue weighted by Gasteiger charge is 2.40. The van der Waals surface area contributed by atoms with E-state index in [1.165, 1.54) is 17.4 Å². The zero-order chi connectivity index (χ0) is 17.4. The molecule has 3 aliphatic rings. The van der Waals surface area contributed by atoms with Crippen LogP contribution in [-0.2, 0) is 17.9 Å². The lowest BCUT2D eigenvalue weighted by Gasteiger charge is -2.35. The minimum Gasteiger partial charge on any atom is -0.332 e. The average Bonchev–Trinajstić information content (AvgIpc) is 2.98. The number of benzene rings is 1. The van der Waals surface area contributed by atoms with Gasteiger partial charge in [0.1, 0.15) is 0 Å². The summed E-state index contributed by atoms with van der Waals surface area (Å²) in [7, 11) is 0. The van der Waals surface area contributed by atoms with Crippen LogP contribution in [0.2, 0.25) is 0 Å². The van der Waals surface area contributed by atoms with Crippen LogP contribution < -0.4 is 0 Å². The molecule has 4 nitrogen and oxygen atoms in total. The molecule has 2 aromatic rings. The lowest BCUT2D eigenvalue weighted by atomic mass is 9.94. The second-order valence-corrected chi connectivity index (χ2v) is 7.50. The summed E-state index contributed by atoms with van der Waals surface area (Å²) in [5.74, 6) is -1.53. The minimum absolute atomic E-state index is 0.0750. The Morgan fingerprint density at radius 2 is 2.08 bits per heavy atom. The zero-order valence-corrected chi connectivity index (χ0v) is 14.5. The zero-order valence-electron chi connectivity index (χ0n) is 13.7. The summed E-state index contributed by atoms with van der Waals surface area (Å²) in [5, 5.41) is 1.96. The van der Waals surface area contributed by atoms with E-state index in [1.807, 2.05) is 10.3 Å². The van der Waals surface area contributed by atoms with Crippen LogP contribution in [0.4, 0.5) is 8.78 Å². The average molecular weight is 363 g/mol. The standard InChI is InChI=1S/C18H19F2N3OS/c19-16-3-1-2-12(17(16)20)6-22-7-13-4-5-15(9-22)23(18(13)24)8-14-10-25-11-21-14/h1-3,10-11,13,15H,4-9H2/t13-,15+/m0/s1. The van der Waals surface area contributed by atoms with Crippen molar-refractivity contribution in [1.82, 2.24) is 14.8 Å². The monoisotopic (exact) mass is 363 g/mol. The molecule has 0 spiro atoms. The molecule has 0 aliphatic carbocycles. The molecule has 4 heterocycles. The van der Waals surface area contributed by atoms with Crippen molar-refractivity contribution in [2.75, 3.05) is 13.1 Å². The Hall–Kier alpha value is -1.86. The number of carbonyl (C=O) groups is 1. The van der Waals surface area contributed by atoms with Gasteiger partial charge in [0.2, 0.25) is 5.91 Å². The predicted molar refractivity (Wildman–Crippen MR) is 90.8 cm³/mol. The fourth-order valence-corrected chi connectivity index (χ4v) is 4.42. The van der Waals surface area contributed by atoms with Crippen LogP contribution in [-0.4, -0.2) is 39.8 Å². The van der Waals surface area contributed by atoms with E-state index in [1.54, 1.807) is 11.6 Å². The molecule has 1 aromatic heterocycles. The molecule has 3 fully saturated rings. The second kappa shape index (κ2) is 6.80. The van der Waals surface area contributed by atoms with Crippen LogP contribution in [0.5, 0.6) is 0 Å². The Bertz CT molecular complexity index is 768. The maximum absolute atomic E-state index is 14.0. The van der Waals surface area contributed by atoms with Crippen molar-refractivity contribution < 1.29 is 13.6 Å². The minimum atomic E-state index is -0.823. The van der Waals surface area contributed by atoms with Gasteiger partial charge >= 0.3 is 0 Å². The molecule has 5 rings (SSSR count). The van der Waals surface area contributed by atoms with Gasteiger partial charge in [-0.25, -0.2) is 13.8 Å². The number of fused-ring (bicyclic) bond motifs is 4. The molecule has 0 N–H and O–H groups in total. The first-order valence-electron chi connectivity index (χ1n) is 8.44. The largest absolute Gasteiger partial charge is 0.332 e. The van der Waals surface area contributed by atoms with Gasteiger partial charge in [0, 0.05) is 36.6 Å². The molecule has 1 aromatic carbocycles. The van der Waals surface area contributed by atoms with E-state index in [-0.39, 0.29) is 17.9 Å². The summed E-state index contributed by atoms with van der Waals surface area (Å²) in [6.07, 6.45) is 1.81. The number of rotatable bonds is 4. The van der Waals surface area contributed by atoms with E-state index < -0.39 is 11.6 Å². The highest BCUT2D eigenvalue weighted by atomic mass is 32.1. The summed E-state index contributed by atoms with van der Waals surface area (Å²) in [5.41, 5.74) is 3.03. The molecule has 2 atom stereocenters. The van der Waals surface area contributed by atoms with Crippen LogP contribution in [0, 0.1) is 17.6 Å².